The molecule has 1 aromatic carbocycles. The Bertz CT molecular complexity index is 463. The van der Waals surface area contributed by atoms with E-state index in [2.05, 4.69) is 0 Å². The van der Waals surface area contributed by atoms with Crippen molar-refractivity contribution in [1.29, 1.82) is 0 Å². The number of aliphatic hydroxyl groups excluding tert-OH is 1. The lowest BCUT2D eigenvalue weighted by Crippen LogP contribution is -2.31. The highest BCUT2D eigenvalue weighted by Crippen LogP contribution is 2.23. The van der Waals surface area contributed by atoms with Crippen LogP contribution in [0, 0.1) is 29.1 Å². The van der Waals surface area contributed by atoms with Crippen LogP contribution < -0.4 is 0 Å². The molecule has 0 heterocycles. The second-order valence-electron chi connectivity index (χ2n) is 3.40. The number of benzene rings is 1. The van der Waals surface area contributed by atoms with E-state index in [0.29, 0.717) is 4.90 Å². The lowest BCUT2D eigenvalue weighted by Gasteiger charge is -2.17. The Kier molecular flexibility index (Phi) is 4.23. The van der Waals surface area contributed by atoms with Crippen LogP contribution in [0.3, 0.4) is 0 Å². The molecule has 0 aliphatic rings. The van der Waals surface area contributed by atoms with Crippen molar-refractivity contribution in [3.8, 4) is 0 Å². The zero-order valence-corrected chi connectivity index (χ0v) is 9.11. The Morgan fingerprint density at radius 1 is 1.00 bits per heavy atom. The van der Waals surface area contributed by atoms with E-state index in [1.807, 2.05) is 0 Å². The standard InChI is InChI=1S/C10H8F5NO2/c1-16(2-3-17)10(18)4-5(11)7(13)9(15)8(14)6(4)12/h17H,2-3H2,1H3. The van der Waals surface area contributed by atoms with Gasteiger partial charge in [-0.3, -0.25) is 4.79 Å². The highest BCUT2D eigenvalue weighted by molar-refractivity contribution is 5.94. The minimum Gasteiger partial charge on any atom is -0.395 e. The van der Waals surface area contributed by atoms with E-state index in [9.17, 15) is 26.7 Å². The molecular weight excluding hydrogens is 261 g/mol. The van der Waals surface area contributed by atoms with Gasteiger partial charge in [0, 0.05) is 13.6 Å². The van der Waals surface area contributed by atoms with Crippen molar-refractivity contribution in [2.45, 2.75) is 0 Å². The molecule has 0 aliphatic carbocycles. The molecule has 1 amide bonds. The van der Waals surface area contributed by atoms with Gasteiger partial charge in [0.2, 0.25) is 5.82 Å². The molecule has 0 radical (unpaired) electrons. The first-order valence-corrected chi connectivity index (χ1v) is 4.70. The van der Waals surface area contributed by atoms with Crippen molar-refractivity contribution < 1.29 is 31.9 Å². The Hall–Kier alpha value is -1.70. The molecule has 100 valence electrons. The maximum absolute atomic E-state index is 13.2. The molecule has 8 heteroatoms. The summed E-state index contributed by atoms with van der Waals surface area (Å²) in [5.74, 6) is -12.5. The molecule has 1 rings (SSSR count). The molecule has 0 fully saturated rings. The van der Waals surface area contributed by atoms with Gasteiger partial charge in [-0.25, -0.2) is 22.0 Å². The molecule has 0 aromatic heterocycles. The normalized spacial score (nSPS) is 10.6. The van der Waals surface area contributed by atoms with E-state index < -0.39 is 47.2 Å². The molecule has 0 aliphatic heterocycles. The molecule has 0 unspecified atom stereocenters. The van der Waals surface area contributed by atoms with Crippen LogP contribution >= 0.6 is 0 Å². The summed E-state index contributed by atoms with van der Waals surface area (Å²) in [6, 6.07) is 0. The number of carbonyl (C=O) groups excluding carboxylic acids is 1. The van der Waals surface area contributed by atoms with Crippen molar-refractivity contribution in [2.75, 3.05) is 20.2 Å². The van der Waals surface area contributed by atoms with Crippen molar-refractivity contribution in [3.05, 3.63) is 34.6 Å². The number of aliphatic hydroxyl groups is 1. The van der Waals surface area contributed by atoms with Gasteiger partial charge in [-0.05, 0) is 0 Å². The van der Waals surface area contributed by atoms with E-state index in [1.54, 1.807) is 0 Å². The topological polar surface area (TPSA) is 40.5 Å². The first-order valence-electron chi connectivity index (χ1n) is 4.70. The number of halogens is 5. The quantitative estimate of drug-likeness (QED) is 0.512. The Labute approximate surface area is 98.4 Å². The second kappa shape index (κ2) is 5.30. The molecule has 0 saturated carbocycles. The summed E-state index contributed by atoms with van der Waals surface area (Å²) in [6.45, 7) is -0.823. The molecule has 0 bridgehead atoms. The first kappa shape index (κ1) is 14.4. The van der Waals surface area contributed by atoms with Gasteiger partial charge in [-0.1, -0.05) is 0 Å². The Balaban J connectivity index is 3.37. The van der Waals surface area contributed by atoms with Crippen LogP contribution in [0.1, 0.15) is 10.4 Å². The van der Waals surface area contributed by atoms with Crippen LogP contribution in [0.25, 0.3) is 0 Å². The Morgan fingerprint density at radius 2 is 1.39 bits per heavy atom. The van der Waals surface area contributed by atoms with Crippen LogP contribution in [-0.2, 0) is 0 Å². The Morgan fingerprint density at radius 3 is 1.78 bits per heavy atom. The average Bonchev–Trinajstić information content (AvgIpc) is 2.34. The zero-order chi connectivity index (χ0) is 14.0. The van der Waals surface area contributed by atoms with Crippen LogP contribution in [0.15, 0.2) is 0 Å². The number of likely N-dealkylation sites (N-methyl/N-ethyl adjacent to an activating group) is 1. The highest BCUT2D eigenvalue weighted by Gasteiger charge is 2.30. The molecule has 18 heavy (non-hydrogen) atoms. The third-order valence-electron chi connectivity index (χ3n) is 2.21. The number of hydrogen-bond donors (Lipinski definition) is 1. The van der Waals surface area contributed by atoms with Crippen molar-refractivity contribution in [1.82, 2.24) is 4.90 Å². The lowest BCUT2D eigenvalue weighted by atomic mass is 10.1. The fourth-order valence-electron chi connectivity index (χ4n) is 1.24. The lowest BCUT2D eigenvalue weighted by molar-refractivity contribution is 0.0754. The van der Waals surface area contributed by atoms with E-state index in [-0.39, 0.29) is 6.54 Å². The minimum atomic E-state index is -2.33. The SMILES string of the molecule is CN(CCO)C(=O)c1c(F)c(F)c(F)c(F)c1F. The maximum atomic E-state index is 13.2. The molecule has 1 N–H and O–H groups in total. The summed E-state index contributed by atoms with van der Waals surface area (Å²) < 4.78 is 64.8. The molecular formula is C10H8F5NO2. The largest absolute Gasteiger partial charge is 0.395 e. The van der Waals surface area contributed by atoms with Crippen molar-refractivity contribution in [3.63, 3.8) is 0 Å². The third-order valence-corrected chi connectivity index (χ3v) is 2.21. The van der Waals surface area contributed by atoms with Crippen molar-refractivity contribution in [2.24, 2.45) is 0 Å². The van der Waals surface area contributed by atoms with Gasteiger partial charge in [0.1, 0.15) is 5.56 Å². The smallest absolute Gasteiger partial charge is 0.259 e. The fourth-order valence-corrected chi connectivity index (χ4v) is 1.24. The zero-order valence-electron chi connectivity index (χ0n) is 9.11. The van der Waals surface area contributed by atoms with Crippen molar-refractivity contribution >= 4 is 5.91 Å². The van der Waals surface area contributed by atoms with Crippen LogP contribution in [0.5, 0.6) is 0 Å². The predicted molar refractivity (Wildman–Crippen MR) is 50.3 cm³/mol. The van der Waals surface area contributed by atoms with E-state index in [1.165, 1.54) is 0 Å². The second-order valence-corrected chi connectivity index (χ2v) is 3.40. The van der Waals surface area contributed by atoms with E-state index in [4.69, 9.17) is 5.11 Å². The fraction of sp³-hybridized carbons (Fsp3) is 0.300. The maximum Gasteiger partial charge on any atom is 0.259 e. The van der Waals surface area contributed by atoms with Crippen LogP contribution in [0.2, 0.25) is 0 Å². The predicted octanol–water partition coefficient (Wildman–Crippen LogP) is 1.45. The summed E-state index contributed by atoms with van der Waals surface area (Å²) in [4.78, 5) is 12.1. The van der Waals surface area contributed by atoms with Gasteiger partial charge in [0.05, 0.1) is 6.61 Å². The number of hydrogen-bond acceptors (Lipinski definition) is 2. The summed E-state index contributed by atoms with van der Waals surface area (Å²) in [6.07, 6.45) is 0. The van der Waals surface area contributed by atoms with Gasteiger partial charge in [-0.2, -0.15) is 0 Å². The number of carbonyl (C=O) groups is 1. The van der Waals surface area contributed by atoms with E-state index in [0.717, 1.165) is 7.05 Å². The van der Waals surface area contributed by atoms with E-state index >= 15 is 0 Å². The van der Waals surface area contributed by atoms with Crippen LogP contribution in [0.4, 0.5) is 22.0 Å². The monoisotopic (exact) mass is 269 g/mol. The molecule has 0 saturated heterocycles. The molecule has 0 spiro atoms. The number of rotatable bonds is 3. The molecule has 0 atom stereocenters. The van der Waals surface area contributed by atoms with Crippen LogP contribution in [-0.4, -0.2) is 36.1 Å². The molecule has 1 aromatic rings. The van der Waals surface area contributed by atoms with Gasteiger partial charge in [0.25, 0.3) is 5.91 Å². The summed E-state index contributed by atoms with van der Waals surface area (Å²) in [7, 11) is 1.05. The average molecular weight is 269 g/mol. The van der Waals surface area contributed by atoms with Gasteiger partial charge >= 0.3 is 0 Å². The number of nitrogens with zero attached hydrogens (tertiary/aromatic N) is 1. The number of amides is 1. The first-order chi connectivity index (χ1) is 8.32. The minimum absolute atomic E-state index is 0.307. The summed E-state index contributed by atoms with van der Waals surface area (Å²) in [5, 5.41) is 8.53. The van der Waals surface area contributed by atoms with Gasteiger partial charge in [-0.15, -0.1) is 0 Å². The highest BCUT2D eigenvalue weighted by atomic mass is 19.2. The van der Waals surface area contributed by atoms with Gasteiger partial charge < -0.3 is 10.0 Å². The van der Waals surface area contributed by atoms with Gasteiger partial charge in [0.15, 0.2) is 23.3 Å². The summed E-state index contributed by atoms with van der Waals surface area (Å²) >= 11 is 0. The third kappa shape index (κ3) is 2.28. The summed E-state index contributed by atoms with van der Waals surface area (Å²) in [5.41, 5.74) is -1.54. The molecule has 3 nitrogen and oxygen atoms in total.